The minimum Gasteiger partial charge on any atom is -0.490 e. The van der Waals surface area contributed by atoms with E-state index in [9.17, 15) is 4.79 Å². The monoisotopic (exact) mass is 412 g/mol. The summed E-state index contributed by atoms with van der Waals surface area (Å²) in [6.45, 7) is 6.41. The average Bonchev–Trinajstić information content (AvgIpc) is 2.69. The van der Waals surface area contributed by atoms with Crippen LogP contribution < -0.4 is 19.7 Å². The van der Waals surface area contributed by atoms with Crippen LogP contribution in [0.4, 0.5) is 5.69 Å². The van der Waals surface area contributed by atoms with Crippen LogP contribution in [0.5, 0.6) is 11.5 Å². The Morgan fingerprint density at radius 3 is 2.62 bits per heavy atom. The lowest BCUT2D eigenvalue weighted by Crippen LogP contribution is -2.71. The molecule has 0 aromatic heterocycles. The topological polar surface area (TPSA) is 60.0 Å². The Morgan fingerprint density at radius 2 is 1.93 bits per heavy atom. The molecule has 2 bridgehead atoms. The molecule has 6 nitrogen and oxygen atoms in total. The highest BCUT2D eigenvalue weighted by atomic mass is 32.1. The van der Waals surface area contributed by atoms with Crippen molar-refractivity contribution in [3.8, 4) is 11.5 Å². The van der Waals surface area contributed by atoms with Gasteiger partial charge in [-0.3, -0.25) is 9.69 Å². The van der Waals surface area contributed by atoms with Gasteiger partial charge in [0.05, 0.1) is 19.3 Å². The molecule has 4 rings (SSSR count). The molecule has 2 aliphatic heterocycles. The van der Waals surface area contributed by atoms with Gasteiger partial charge in [0.1, 0.15) is 5.92 Å². The molecular weight excluding hydrogens is 388 g/mol. The molecule has 2 aromatic rings. The van der Waals surface area contributed by atoms with Gasteiger partial charge in [0.2, 0.25) is 5.72 Å². The van der Waals surface area contributed by atoms with Gasteiger partial charge < -0.3 is 19.5 Å². The summed E-state index contributed by atoms with van der Waals surface area (Å²) < 4.78 is 17.8. The Hall–Kier alpha value is -2.80. The average molecular weight is 413 g/mol. The van der Waals surface area contributed by atoms with Crippen LogP contribution in [-0.2, 0) is 9.53 Å². The lowest BCUT2D eigenvalue weighted by atomic mass is 9.79. The maximum absolute atomic E-state index is 13.1. The standard InChI is InChI=1S/C22H24N2O4S/c1-4-26-16-13-9-12-15-18-17(20(25)27-5-2)22(3,28-19(15)16)24(21(29)23-18)14-10-7-6-8-11-14/h6-13,17-18H,4-5H2,1-3H3,(H,23,29)/t17-,18-,22-/m0/s1. The number of nitrogens with zero attached hydrogens (tertiary/aromatic N) is 1. The van der Waals surface area contributed by atoms with Crippen molar-refractivity contribution in [1.82, 2.24) is 5.32 Å². The fraction of sp³-hybridized carbons (Fsp3) is 0.364. The number of ether oxygens (including phenoxy) is 3. The van der Waals surface area contributed by atoms with E-state index in [1.54, 1.807) is 6.92 Å². The van der Waals surface area contributed by atoms with Crippen LogP contribution in [0.3, 0.4) is 0 Å². The summed E-state index contributed by atoms with van der Waals surface area (Å²) in [5.41, 5.74) is 0.583. The van der Waals surface area contributed by atoms with Crippen molar-refractivity contribution in [1.29, 1.82) is 0 Å². The van der Waals surface area contributed by atoms with E-state index >= 15 is 0 Å². The highest BCUT2D eigenvalue weighted by molar-refractivity contribution is 7.80. The zero-order chi connectivity index (χ0) is 20.6. The molecule has 1 fully saturated rings. The number of rotatable bonds is 5. The van der Waals surface area contributed by atoms with Gasteiger partial charge in [0, 0.05) is 11.3 Å². The van der Waals surface area contributed by atoms with E-state index in [0.717, 1.165) is 11.3 Å². The number of esters is 1. The van der Waals surface area contributed by atoms with Gasteiger partial charge in [0.15, 0.2) is 16.6 Å². The molecule has 0 saturated carbocycles. The summed E-state index contributed by atoms with van der Waals surface area (Å²) in [6.07, 6.45) is 0. The minimum absolute atomic E-state index is 0.291. The van der Waals surface area contributed by atoms with E-state index < -0.39 is 11.6 Å². The molecule has 3 atom stereocenters. The number of benzene rings is 2. The van der Waals surface area contributed by atoms with E-state index in [1.165, 1.54) is 0 Å². The van der Waals surface area contributed by atoms with Crippen molar-refractivity contribution < 1.29 is 19.0 Å². The molecule has 2 aromatic carbocycles. The number of carbonyl (C=O) groups excluding carboxylic acids is 1. The second-order valence-electron chi connectivity index (χ2n) is 7.09. The maximum Gasteiger partial charge on any atom is 0.317 e. The highest BCUT2D eigenvalue weighted by Crippen LogP contribution is 2.52. The second-order valence-corrected chi connectivity index (χ2v) is 7.48. The maximum atomic E-state index is 13.1. The van der Waals surface area contributed by atoms with E-state index in [-0.39, 0.29) is 12.0 Å². The fourth-order valence-electron chi connectivity index (χ4n) is 4.20. The van der Waals surface area contributed by atoms with Gasteiger partial charge in [-0.2, -0.15) is 0 Å². The van der Waals surface area contributed by atoms with Crippen LogP contribution >= 0.6 is 12.2 Å². The summed E-state index contributed by atoms with van der Waals surface area (Å²) in [5, 5.41) is 3.85. The number of para-hydroxylation sites is 2. The second kappa shape index (κ2) is 7.55. The van der Waals surface area contributed by atoms with E-state index in [2.05, 4.69) is 5.32 Å². The molecular formula is C22H24N2O4S. The summed E-state index contributed by atoms with van der Waals surface area (Å²) in [5.74, 6) is 0.312. The van der Waals surface area contributed by atoms with Gasteiger partial charge in [-0.15, -0.1) is 0 Å². The summed E-state index contributed by atoms with van der Waals surface area (Å²) in [6, 6.07) is 15.0. The van der Waals surface area contributed by atoms with Crippen molar-refractivity contribution in [3.05, 3.63) is 54.1 Å². The molecule has 7 heteroatoms. The van der Waals surface area contributed by atoms with Crippen molar-refractivity contribution in [2.45, 2.75) is 32.5 Å². The normalized spacial score (nSPS) is 24.8. The van der Waals surface area contributed by atoms with Crippen molar-refractivity contribution in [2.24, 2.45) is 5.92 Å². The molecule has 152 valence electrons. The van der Waals surface area contributed by atoms with Crippen LogP contribution in [-0.4, -0.2) is 30.0 Å². The van der Waals surface area contributed by atoms with Gasteiger partial charge in [-0.05, 0) is 51.2 Å². The molecule has 1 saturated heterocycles. The largest absolute Gasteiger partial charge is 0.490 e. The number of anilines is 1. The Balaban J connectivity index is 1.90. The molecule has 29 heavy (non-hydrogen) atoms. The van der Waals surface area contributed by atoms with Crippen LogP contribution in [0.25, 0.3) is 0 Å². The zero-order valence-electron chi connectivity index (χ0n) is 16.7. The Bertz CT molecular complexity index is 936. The third-order valence-electron chi connectivity index (χ3n) is 5.34. The van der Waals surface area contributed by atoms with Crippen molar-refractivity contribution >= 4 is 29.0 Å². The van der Waals surface area contributed by atoms with Crippen LogP contribution in [0, 0.1) is 5.92 Å². The smallest absolute Gasteiger partial charge is 0.317 e. The number of hydrogen-bond acceptors (Lipinski definition) is 5. The Labute approximate surface area is 175 Å². The van der Waals surface area contributed by atoms with Crippen molar-refractivity contribution in [3.63, 3.8) is 0 Å². The first kappa shape index (κ1) is 19.5. The molecule has 2 aliphatic rings. The Kier molecular flexibility index (Phi) is 5.08. The molecule has 0 radical (unpaired) electrons. The highest BCUT2D eigenvalue weighted by Gasteiger charge is 2.60. The first-order valence-electron chi connectivity index (χ1n) is 9.78. The van der Waals surface area contributed by atoms with Crippen LogP contribution in [0.2, 0.25) is 0 Å². The summed E-state index contributed by atoms with van der Waals surface area (Å²) >= 11 is 5.70. The predicted molar refractivity (Wildman–Crippen MR) is 114 cm³/mol. The molecule has 0 aliphatic carbocycles. The molecule has 0 amide bonds. The molecule has 0 unspecified atom stereocenters. The third kappa shape index (κ3) is 3.09. The van der Waals surface area contributed by atoms with Crippen molar-refractivity contribution in [2.75, 3.05) is 18.1 Å². The zero-order valence-corrected chi connectivity index (χ0v) is 17.5. The number of fused-ring (bicyclic) bond motifs is 4. The minimum atomic E-state index is -1.08. The lowest BCUT2D eigenvalue weighted by Gasteiger charge is -2.55. The van der Waals surface area contributed by atoms with E-state index in [4.69, 9.17) is 26.4 Å². The summed E-state index contributed by atoms with van der Waals surface area (Å²) in [7, 11) is 0. The first-order chi connectivity index (χ1) is 14.0. The number of carbonyl (C=O) groups is 1. The van der Waals surface area contributed by atoms with E-state index in [0.29, 0.717) is 29.8 Å². The van der Waals surface area contributed by atoms with E-state index in [1.807, 2.05) is 67.3 Å². The molecule has 2 heterocycles. The third-order valence-corrected chi connectivity index (χ3v) is 5.64. The quantitative estimate of drug-likeness (QED) is 0.592. The van der Waals surface area contributed by atoms with Gasteiger partial charge in [-0.1, -0.05) is 30.3 Å². The Morgan fingerprint density at radius 1 is 1.17 bits per heavy atom. The first-order valence-corrected chi connectivity index (χ1v) is 10.2. The lowest BCUT2D eigenvalue weighted by molar-refractivity contribution is -0.159. The molecule has 0 spiro atoms. The van der Waals surface area contributed by atoms with Gasteiger partial charge in [-0.25, -0.2) is 0 Å². The summed E-state index contributed by atoms with van der Waals surface area (Å²) in [4.78, 5) is 14.9. The van der Waals surface area contributed by atoms with Gasteiger partial charge >= 0.3 is 5.97 Å². The number of thiocarbonyl (C=S) groups is 1. The number of nitrogens with one attached hydrogen (secondary N) is 1. The van der Waals surface area contributed by atoms with Gasteiger partial charge in [0.25, 0.3) is 0 Å². The number of hydrogen-bond donors (Lipinski definition) is 1. The predicted octanol–water partition coefficient (Wildman–Crippen LogP) is 3.81. The molecule has 1 N–H and O–H groups in total. The SMILES string of the molecule is CCOC(=O)[C@@H]1[C@H]2NC(=S)N(c3ccccc3)[C@@]1(C)Oc1c(OCC)cccc12. The van der Waals surface area contributed by atoms with Crippen LogP contribution in [0.1, 0.15) is 32.4 Å². The van der Waals surface area contributed by atoms with Crippen LogP contribution in [0.15, 0.2) is 48.5 Å². The fourth-order valence-corrected chi connectivity index (χ4v) is 4.61.